The van der Waals surface area contributed by atoms with Crippen LogP contribution >= 0.6 is 0 Å². The van der Waals surface area contributed by atoms with Crippen LogP contribution in [0.4, 0.5) is 4.79 Å². The van der Waals surface area contributed by atoms with Gasteiger partial charge in [0.1, 0.15) is 11.7 Å². The number of amides is 1. The molecule has 1 saturated heterocycles. The van der Waals surface area contributed by atoms with E-state index in [0.29, 0.717) is 12.4 Å². The predicted molar refractivity (Wildman–Crippen MR) is 75.7 cm³/mol. The summed E-state index contributed by atoms with van der Waals surface area (Å²) in [5.41, 5.74) is -0.466. The van der Waals surface area contributed by atoms with Crippen molar-refractivity contribution in [1.82, 2.24) is 9.88 Å². The van der Waals surface area contributed by atoms with Crippen LogP contribution < -0.4 is 4.74 Å². The van der Waals surface area contributed by atoms with Gasteiger partial charge in [-0.1, -0.05) is 6.07 Å². The number of ether oxygens (including phenoxy) is 2. The first kappa shape index (κ1) is 14.6. The van der Waals surface area contributed by atoms with E-state index in [1.165, 1.54) is 0 Å². The third kappa shape index (κ3) is 4.40. The molecule has 0 aliphatic carbocycles. The quantitative estimate of drug-likeness (QED) is 0.834. The van der Waals surface area contributed by atoms with E-state index in [9.17, 15) is 4.79 Å². The van der Waals surface area contributed by atoms with Gasteiger partial charge in [-0.05, 0) is 39.7 Å². The standard InChI is InChI=1S/C15H22N2O3/c1-15(2,3)20-14(18)17-10-6-7-12(11-17)19-13-8-4-5-9-16-13/h4-5,8-9,12H,6-7,10-11H2,1-3H3. The van der Waals surface area contributed by atoms with Crippen molar-refractivity contribution < 1.29 is 14.3 Å². The van der Waals surface area contributed by atoms with Gasteiger partial charge >= 0.3 is 6.09 Å². The smallest absolute Gasteiger partial charge is 0.410 e. The Morgan fingerprint density at radius 1 is 1.40 bits per heavy atom. The summed E-state index contributed by atoms with van der Waals surface area (Å²) in [4.78, 5) is 17.9. The maximum absolute atomic E-state index is 12.0. The van der Waals surface area contributed by atoms with E-state index < -0.39 is 5.60 Å². The zero-order chi connectivity index (χ0) is 14.6. The molecule has 1 aromatic heterocycles. The Bertz CT molecular complexity index is 442. The van der Waals surface area contributed by atoms with Crippen LogP contribution in [-0.2, 0) is 4.74 Å². The lowest BCUT2D eigenvalue weighted by atomic mass is 10.1. The number of carbonyl (C=O) groups is 1. The fourth-order valence-electron chi connectivity index (χ4n) is 2.11. The maximum atomic E-state index is 12.0. The monoisotopic (exact) mass is 278 g/mol. The van der Waals surface area contributed by atoms with E-state index in [1.54, 1.807) is 11.1 Å². The Hall–Kier alpha value is -1.78. The average molecular weight is 278 g/mol. The number of aromatic nitrogens is 1. The fraction of sp³-hybridized carbons (Fsp3) is 0.600. The summed E-state index contributed by atoms with van der Waals surface area (Å²) in [6.07, 6.45) is 3.24. The Morgan fingerprint density at radius 2 is 2.20 bits per heavy atom. The van der Waals surface area contributed by atoms with Crippen molar-refractivity contribution in [2.75, 3.05) is 13.1 Å². The summed E-state index contributed by atoms with van der Waals surface area (Å²) in [6.45, 7) is 6.88. The van der Waals surface area contributed by atoms with Crippen molar-refractivity contribution in [3.63, 3.8) is 0 Å². The molecular weight excluding hydrogens is 256 g/mol. The van der Waals surface area contributed by atoms with Crippen LogP contribution in [-0.4, -0.2) is 40.8 Å². The van der Waals surface area contributed by atoms with Gasteiger partial charge in [0.05, 0.1) is 6.54 Å². The molecular formula is C15H22N2O3. The lowest BCUT2D eigenvalue weighted by molar-refractivity contribution is 0.00722. The van der Waals surface area contributed by atoms with Crippen molar-refractivity contribution in [1.29, 1.82) is 0 Å². The molecule has 0 bridgehead atoms. The van der Waals surface area contributed by atoms with Gasteiger partial charge in [0.15, 0.2) is 0 Å². The second kappa shape index (κ2) is 6.11. The van der Waals surface area contributed by atoms with Crippen molar-refractivity contribution in [3.8, 4) is 5.88 Å². The third-order valence-corrected chi connectivity index (χ3v) is 2.96. The second-order valence-electron chi connectivity index (χ2n) is 5.98. The Labute approximate surface area is 119 Å². The van der Waals surface area contributed by atoms with Gasteiger partial charge < -0.3 is 14.4 Å². The molecule has 1 fully saturated rings. The number of hydrogen-bond acceptors (Lipinski definition) is 4. The highest BCUT2D eigenvalue weighted by molar-refractivity contribution is 5.68. The maximum Gasteiger partial charge on any atom is 0.410 e. The first-order chi connectivity index (χ1) is 9.44. The van der Waals surface area contributed by atoms with Crippen LogP contribution in [0.2, 0.25) is 0 Å². The molecule has 1 atom stereocenters. The molecule has 20 heavy (non-hydrogen) atoms. The largest absolute Gasteiger partial charge is 0.472 e. The van der Waals surface area contributed by atoms with Crippen molar-refractivity contribution in [2.45, 2.75) is 45.3 Å². The van der Waals surface area contributed by atoms with E-state index in [0.717, 1.165) is 19.4 Å². The van der Waals surface area contributed by atoms with E-state index in [2.05, 4.69) is 4.98 Å². The number of carbonyl (C=O) groups excluding carboxylic acids is 1. The Balaban J connectivity index is 1.90. The van der Waals surface area contributed by atoms with Gasteiger partial charge in [0.25, 0.3) is 0 Å². The molecule has 2 heterocycles. The van der Waals surface area contributed by atoms with Crippen molar-refractivity contribution >= 4 is 6.09 Å². The normalized spacial score (nSPS) is 19.6. The highest BCUT2D eigenvalue weighted by Crippen LogP contribution is 2.18. The van der Waals surface area contributed by atoms with Crippen LogP contribution in [0, 0.1) is 0 Å². The van der Waals surface area contributed by atoms with Crippen LogP contribution in [0.25, 0.3) is 0 Å². The predicted octanol–water partition coefficient (Wildman–Crippen LogP) is 2.86. The molecule has 0 spiro atoms. The van der Waals surface area contributed by atoms with E-state index in [-0.39, 0.29) is 12.2 Å². The molecule has 0 N–H and O–H groups in total. The van der Waals surface area contributed by atoms with Gasteiger partial charge in [0, 0.05) is 18.8 Å². The summed E-state index contributed by atoms with van der Waals surface area (Å²) >= 11 is 0. The number of pyridine rings is 1. The highest BCUT2D eigenvalue weighted by Gasteiger charge is 2.28. The zero-order valence-corrected chi connectivity index (χ0v) is 12.3. The minimum Gasteiger partial charge on any atom is -0.472 e. The first-order valence-corrected chi connectivity index (χ1v) is 7.00. The molecule has 5 nitrogen and oxygen atoms in total. The van der Waals surface area contributed by atoms with Crippen molar-refractivity contribution in [2.24, 2.45) is 0 Å². The number of hydrogen-bond donors (Lipinski definition) is 0. The zero-order valence-electron chi connectivity index (χ0n) is 12.3. The highest BCUT2D eigenvalue weighted by atomic mass is 16.6. The van der Waals surface area contributed by atoms with Crippen LogP contribution in [0.15, 0.2) is 24.4 Å². The molecule has 1 aliphatic heterocycles. The Morgan fingerprint density at radius 3 is 2.85 bits per heavy atom. The number of likely N-dealkylation sites (tertiary alicyclic amines) is 1. The van der Waals surface area contributed by atoms with Crippen LogP contribution in [0.3, 0.4) is 0 Å². The fourth-order valence-corrected chi connectivity index (χ4v) is 2.11. The topological polar surface area (TPSA) is 51.7 Å². The molecule has 1 unspecified atom stereocenters. The van der Waals surface area contributed by atoms with Gasteiger partial charge in [-0.2, -0.15) is 0 Å². The number of nitrogens with zero attached hydrogens (tertiary/aromatic N) is 2. The number of rotatable bonds is 2. The third-order valence-electron chi connectivity index (χ3n) is 2.96. The summed E-state index contributed by atoms with van der Waals surface area (Å²) in [5, 5.41) is 0. The summed E-state index contributed by atoms with van der Waals surface area (Å²) in [7, 11) is 0. The molecule has 0 aromatic carbocycles. The summed E-state index contributed by atoms with van der Waals surface area (Å²) < 4.78 is 11.2. The minimum absolute atomic E-state index is 0.0221. The van der Waals surface area contributed by atoms with E-state index in [1.807, 2.05) is 39.0 Å². The average Bonchev–Trinajstić information content (AvgIpc) is 2.38. The van der Waals surface area contributed by atoms with Gasteiger partial charge in [-0.15, -0.1) is 0 Å². The molecule has 0 saturated carbocycles. The first-order valence-electron chi connectivity index (χ1n) is 7.00. The van der Waals surface area contributed by atoms with Crippen molar-refractivity contribution in [3.05, 3.63) is 24.4 Å². The minimum atomic E-state index is -0.466. The van der Waals surface area contributed by atoms with E-state index >= 15 is 0 Å². The lowest BCUT2D eigenvalue weighted by Gasteiger charge is -2.33. The summed E-state index contributed by atoms with van der Waals surface area (Å²) in [6, 6.07) is 5.56. The van der Waals surface area contributed by atoms with Crippen LogP contribution in [0.1, 0.15) is 33.6 Å². The van der Waals surface area contributed by atoms with Gasteiger partial charge in [0.2, 0.25) is 5.88 Å². The molecule has 2 rings (SSSR count). The van der Waals surface area contributed by atoms with E-state index in [4.69, 9.17) is 9.47 Å². The molecule has 1 aromatic rings. The van der Waals surface area contributed by atoms with Crippen LogP contribution in [0.5, 0.6) is 5.88 Å². The molecule has 1 aliphatic rings. The SMILES string of the molecule is CC(C)(C)OC(=O)N1CCCC(Oc2ccccn2)C1. The number of piperidine rings is 1. The Kier molecular flexibility index (Phi) is 4.47. The molecule has 0 radical (unpaired) electrons. The molecule has 110 valence electrons. The second-order valence-corrected chi connectivity index (χ2v) is 5.98. The molecule has 5 heteroatoms. The molecule has 1 amide bonds. The summed E-state index contributed by atoms with van der Waals surface area (Å²) in [5.74, 6) is 0.600. The lowest BCUT2D eigenvalue weighted by Crippen LogP contribution is -2.46. The van der Waals surface area contributed by atoms with Gasteiger partial charge in [-0.3, -0.25) is 0 Å². The van der Waals surface area contributed by atoms with Gasteiger partial charge in [-0.25, -0.2) is 9.78 Å².